The number of hydrogen-bond donors (Lipinski definition) is 0. The Morgan fingerprint density at radius 3 is 2.48 bits per heavy atom. The highest BCUT2D eigenvalue weighted by molar-refractivity contribution is 6.17. The van der Waals surface area contributed by atoms with Gasteiger partial charge >= 0.3 is 0 Å². The summed E-state index contributed by atoms with van der Waals surface area (Å²) in [5, 5.41) is 18.8. The molecule has 2 atom stereocenters. The zero-order chi connectivity index (χ0) is 20.9. The molecule has 1 aliphatic heterocycles. The van der Waals surface area contributed by atoms with Crippen molar-refractivity contribution in [2.24, 2.45) is 11.8 Å². The average Bonchev–Trinajstić information content (AvgIpc) is 3.27. The molecule has 31 heavy (non-hydrogen) atoms. The Hall–Kier alpha value is -3.66. The van der Waals surface area contributed by atoms with Crippen molar-refractivity contribution in [3.63, 3.8) is 0 Å². The van der Waals surface area contributed by atoms with Crippen molar-refractivity contribution in [1.29, 1.82) is 0 Å². The minimum absolute atomic E-state index is 0.0877. The van der Waals surface area contributed by atoms with Gasteiger partial charge in [0, 0.05) is 5.92 Å². The Morgan fingerprint density at radius 1 is 0.903 bits per heavy atom. The number of nitro groups is 1. The number of fused-ring (bicyclic) bond motifs is 6. The summed E-state index contributed by atoms with van der Waals surface area (Å²) >= 11 is 0. The van der Waals surface area contributed by atoms with Crippen LogP contribution in [0.25, 0.3) is 32.3 Å². The molecule has 0 amide bonds. The molecule has 4 aromatic rings. The second-order valence-electron chi connectivity index (χ2n) is 8.51. The zero-order valence-corrected chi connectivity index (χ0v) is 17.0. The van der Waals surface area contributed by atoms with Gasteiger partial charge in [0.2, 0.25) is 0 Å². The maximum Gasteiger partial charge on any atom is 0.269 e. The lowest BCUT2D eigenvalue weighted by atomic mass is 9.81. The summed E-state index contributed by atoms with van der Waals surface area (Å²) in [6, 6.07) is 23.9. The maximum atomic E-state index is 11.4. The van der Waals surface area contributed by atoms with E-state index >= 15 is 0 Å². The van der Waals surface area contributed by atoms with Crippen molar-refractivity contribution >= 4 is 32.3 Å². The van der Waals surface area contributed by atoms with E-state index in [2.05, 4.69) is 66.7 Å². The molecule has 1 heterocycles. The molecule has 152 valence electrons. The molecule has 1 aliphatic carbocycles. The molecule has 4 nitrogen and oxygen atoms in total. The average molecular weight is 407 g/mol. The third kappa shape index (κ3) is 2.98. The summed E-state index contributed by atoms with van der Waals surface area (Å²) in [5.41, 5.74) is 1.35. The van der Waals surface area contributed by atoms with Gasteiger partial charge in [0.1, 0.15) is 5.76 Å². The summed E-state index contributed by atoms with van der Waals surface area (Å²) in [6.45, 7) is 0.642. The van der Waals surface area contributed by atoms with E-state index in [0.717, 1.165) is 18.6 Å². The highest BCUT2D eigenvalue weighted by atomic mass is 16.6. The van der Waals surface area contributed by atoms with Gasteiger partial charge in [-0.15, -0.1) is 0 Å². The number of nitrogens with zero attached hydrogens (tertiary/aromatic N) is 1. The standard InChI is InChI=1S/C27H21NO3/c29-28(30)21-15-20(24-11-12-31-27(24)16-21)14-17-5-8-23-19(13-17)7-10-25-22-4-2-1-3-18(22)6-9-26(23)25/h1-10,13,15-16,20,24H,11-12,14H2. The Bertz CT molecular complexity index is 1430. The van der Waals surface area contributed by atoms with E-state index in [1.54, 1.807) is 6.08 Å². The molecule has 1 fully saturated rings. The van der Waals surface area contributed by atoms with Gasteiger partial charge in [0.05, 0.1) is 17.6 Å². The van der Waals surface area contributed by atoms with Crippen molar-refractivity contribution in [3.8, 4) is 0 Å². The van der Waals surface area contributed by atoms with E-state index < -0.39 is 0 Å². The van der Waals surface area contributed by atoms with E-state index in [-0.39, 0.29) is 22.5 Å². The quantitative estimate of drug-likeness (QED) is 0.224. The van der Waals surface area contributed by atoms with Crippen LogP contribution in [-0.2, 0) is 11.2 Å². The summed E-state index contributed by atoms with van der Waals surface area (Å²) in [4.78, 5) is 11.1. The Morgan fingerprint density at radius 2 is 1.65 bits per heavy atom. The van der Waals surface area contributed by atoms with Gasteiger partial charge < -0.3 is 4.74 Å². The van der Waals surface area contributed by atoms with Gasteiger partial charge in [-0.1, -0.05) is 66.7 Å². The molecule has 4 aromatic carbocycles. The fourth-order valence-corrected chi connectivity index (χ4v) is 5.25. The SMILES string of the molecule is O=[N+]([O-])C1=CC(Cc2ccc3c(ccc4c5ccccc5ccc34)c2)C2CCOC2=C1. The molecule has 6 rings (SSSR count). The van der Waals surface area contributed by atoms with Crippen molar-refractivity contribution in [2.75, 3.05) is 6.61 Å². The predicted molar refractivity (Wildman–Crippen MR) is 123 cm³/mol. The van der Waals surface area contributed by atoms with Gasteiger partial charge in [0.25, 0.3) is 5.70 Å². The molecule has 2 aliphatic rings. The lowest BCUT2D eigenvalue weighted by molar-refractivity contribution is -0.420. The van der Waals surface area contributed by atoms with Crippen LogP contribution in [0.3, 0.4) is 0 Å². The first-order valence-electron chi connectivity index (χ1n) is 10.7. The van der Waals surface area contributed by atoms with Crippen LogP contribution in [0.4, 0.5) is 0 Å². The fourth-order valence-electron chi connectivity index (χ4n) is 5.25. The van der Waals surface area contributed by atoms with Crippen LogP contribution in [0.2, 0.25) is 0 Å². The first kappa shape index (κ1) is 18.1. The number of rotatable bonds is 3. The van der Waals surface area contributed by atoms with Gasteiger partial charge in [-0.3, -0.25) is 10.1 Å². The summed E-state index contributed by atoms with van der Waals surface area (Å²) in [7, 11) is 0. The molecular formula is C27H21NO3. The highest BCUT2D eigenvalue weighted by Gasteiger charge is 2.35. The van der Waals surface area contributed by atoms with E-state index in [0.29, 0.717) is 6.61 Å². The fraction of sp³-hybridized carbons (Fsp3) is 0.185. The van der Waals surface area contributed by atoms with Gasteiger partial charge in [-0.05, 0) is 62.7 Å². The van der Waals surface area contributed by atoms with Crippen molar-refractivity contribution in [2.45, 2.75) is 12.8 Å². The molecule has 0 saturated carbocycles. The Kier molecular flexibility index (Phi) is 4.06. The first-order chi connectivity index (χ1) is 15.2. The van der Waals surface area contributed by atoms with Crippen LogP contribution in [0.15, 0.2) is 90.3 Å². The normalized spacial score (nSPS) is 20.4. The van der Waals surface area contributed by atoms with Crippen molar-refractivity contribution in [1.82, 2.24) is 0 Å². The second-order valence-corrected chi connectivity index (χ2v) is 8.51. The van der Waals surface area contributed by atoms with Crippen LogP contribution < -0.4 is 0 Å². The van der Waals surface area contributed by atoms with E-state index in [9.17, 15) is 10.1 Å². The lowest BCUT2D eigenvalue weighted by Crippen LogP contribution is -2.20. The monoisotopic (exact) mass is 407 g/mol. The number of hydrogen-bond acceptors (Lipinski definition) is 3. The first-order valence-corrected chi connectivity index (χ1v) is 10.7. The molecule has 2 unspecified atom stereocenters. The van der Waals surface area contributed by atoms with Crippen LogP contribution in [0, 0.1) is 22.0 Å². The number of benzene rings is 4. The number of ether oxygens (including phenoxy) is 1. The van der Waals surface area contributed by atoms with Crippen LogP contribution in [0.1, 0.15) is 12.0 Å². The van der Waals surface area contributed by atoms with Crippen molar-refractivity contribution in [3.05, 3.63) is 106 Å². The summed E-state index contributed by atoms with van der Waals surface area (Å²) in [5.74, 6) is 1.10. The third-order valence-electron chi connectivity index (χ3n) is 6.74. The molecule has 0 spiro atoms. The lowest BCUT2D eigenvalue weighted by Gasteiger charge is -2.23. The zero-order valence-electron chi connectivity index (χ0n) is 17.0. The van der Waals surface area contributed by atoms with Gasteiger partial charge in [-0.25, -0.2) is 0 Å². The molecule has 0 radical (unpaired) electrons. The predicted octanol–water partition coefficient (Wildman–Crippen LogP) is 6.40. The molecular weight excluding hydrogens is 386 g/mol. The second kappa shape index (κ2) is 6.95. The van der Waals surface area contributed by atoms with E-state index in [1.165, 1.54) is 37.9 Å². The largest absolute Gasteiger partial charge is 0.497 e. The van der Waals surface area contributed by atoms with Gasteiger partial charge in [-0.2, -0.15) is 0 Å². The molecule has 0 N–H and O–H groups in total. The molecule has 0 bridgehead atoms. The van der Waals surface area contributed by atoms with E-state index in [1.807, 2.05) is 6.08 Å². The summed E-state index contributed by atoms with van der Waals surface area (Å²) < 4.78 is 5.67. The van der Waals surface area contributed by atoms with Crippen LogP contribution in [-0.4, -0.2) is 11.5 Å². The maximum absolute atomic E-state index is 11.4. The topological polar surface area (TPSA) is 52.4 Å². The Balaban J connectivity index is 1.40. The van der Waals surface area contributed by atoms with Gasteiger partial charge in [0.15, 0.2) is 0 Å². The minimum Gasteiger partial charge on any atom is -0.497 e. The Labute approximate surface area is 179 Å². The van der Waals surface area contributed by atoms with Crippen LogP contribution >= 0.6 is 0 Å². The molecule has 0 aromatic heterocycles. The van der Waals surface area contributed by atoms with E-state index in [4.69, 9.17) is 4.74 Å². The number of allylic oxidation sites excluding steroid dienone is 3. The highest BCUT2D eigenvalue weighted by Crippen LogP contribution is 2.39. The van der Waals surface area contributed by atoms with Crippen LogP contribution in [0.5, 0.6) is 0 Å². The summed E-state index contributed by atoms with van der Waals surface area (Å²) in [6.07, 6.45) is 5.11. The molecule has 1 saturated heterocycles. The molecule has 4 heteroatoms. The third-order valence-corrected chi connectivity index (χ3v) is 6.74. The smallest absolute Gasteiger partial charge is 0.269 e. The van der Waals surface area contributed by atoms with Crippen molar-refractivity contribution < 1.29 is 9.66 Å². The minimum atomic E-state index is -0.311.